The average Bonchev–Trinajstić information content (AvgIpc) is 3.82. The number of pyridine rings is 2. The predicted octanol–water partition coefficient (Wildman–Crippen LogP) is 12.0. The molecule has 1 aliphatic heterocycles. The molecule has 0 spiro atoms. The van der Waals surface area contributed by atoms with E-state index >= 15 is 0 Å². The van der Waals surface area contributed by atoms with Crippen molar-refractivity contribution >= 4 is 66.3 Å². The van der Waals surface area contributed by atoms with Crippen molar-refractivity contribution in [2.45, 2.75) is 19.3 Å². The molecule has 0 bridgehead atoms. The number of imidazole rings is 1. The van der Waals surface area contributed by atoms with Crippen molar-refractivity contribution in [3.63, 3.8) is 0 Å². The maximum atomic E-state index is 6.67. The molecule has 0 saturated heterocycles. The molecule has 6 heteroatoms. The minimum atomic E-state index is -0.291. The van der Waals surface area contributed by atoms with Crippen LogP contribution in [0, 0.1) is 0 Å². The molecule has 0 aliphatic carbocycles. The van der Waals surface area contributed by atoms with Crippen LogP contribution < -0.4 is 9.64 Å². The Balaban J connectivity index is 1.09. The zero-order valence-corrected chi connectivity index (χ0v) is 29.2. The average molecular weight is 684 g/mol. The SMILES string of the molecule is CC1(C)c2cc3c4ccccc4n(-c4ccccc4)c3cc2N(c2cccc(Oc3ccc4c5ccccc5n5ccnc5c4c3)c2)c2ncccc21. The molecule has 6 aromatic carbocycles. The molecule has 0 radical (unpaired) electrons. The molecule has 0 saturated carbocycles. The van der Waals surface area contributed by atoms with Crippen molar-refractivity contribution in [3.8, 4) is 17.2 Å². The van der Waals surface area contributed by atoms with Gasteiger partial charge >= 0.3 is 0 Å². The number of hydrogen-bond donors (Lipinski definition) is 0. The van der Waals surface area contributed by atoms with Gasteiger partial charge < -0.3 is 9.30 Å². The van der Waals surface area contributed by atoms with Gasteiger partial charge in [-0.1, -0.05) is 80.6 Å². The molecule has 11 rings (SSSR count). The molecule has 0 atom stereocenters. The number of anilines is 3. The molecule has 0 unspecified atom stereocenters. The Morgan fingerprint density at radius 3 is 2.13 bits per heavy atom. The number of fused-ring (bicyclic) bond motifs is 11. The van der Waals surface area contributed by atoms with E-state index in [4.69, 9.17) is 14.7 Å². The largest absolute Gasteiger partial charge is 0.457 e. The number of para-hydroxylation sites is 3. The summed E-state index contributed by atoms with van der Waals surface area (Å²) in [4.78, 5) is 12.1. The third-order valence-electron chi connectivity index (χ3n) is 11.0. The Hall–Kier alpha value is -6.92. The fraction of sp³-hybridized carbons (Fsp3) is 0.0638. The Morgan fingerprint density at radius 2 is 1.26 bits per heavy atom. The predicted molar refractivity (Wildman–Crippen MR) is 216 cm³/mol. The summed E-state index contributed by atoms with van der Waals surface area (Å²) in [6.45, 7) is 4.62. The van der Waals surface area contributed by atoms with E-state index in [-0.39, 0.29) is 5.41 Å². The zero-order valence-electron chi connectivity index (χ0n) is 29.2. The van der Waals surface area contributed by atoms with Crippen molar-refractivity contribution < 1.29 is 4.74 Å². The van der Waals surface area contributed by atoms with E-state index in [1.54, 1.807) is 0 Å². The fourth-order valence-corrected chi connectivity index (χ4v) is 8.57. The Labute approximate surface area is 305 Å². The lowest BCUT2D eigenvalue weighted by Gasteiger charge is -2.41. The summed E-state index contributed by atoms with van der Waals surface area (Å²) in [5.41, 5.74) is 9.72. The first-order chi connectivity index (χ1) is 26.0. The van der Waals surface area contributed by atoms with E-state index in [0.717, 1.165) is 61.8 Å². The van der Waals surface area contributed by atoms with Gasteiger partial charge in [-0.15, -0.1) is 0 Å². The van der Waals surface area contributed by atoms with Gasteiger partial charge in [0.2, 0.25) is 0 Å². The van der Waals surface area contributed by atoms with Gasteiger partial charge in [0, 0.05) is 62.9 Å². The van der Waals surface area contributed by atoms with E-state index in [2.05, 4.69) is 161 Å². The Kier molecular flexibility index (Phi) is 6.20. The smallest absolute Gasteiger partial charge is 0.145 e. The Bertz CT molecular complexity index is 3080. The molecule has 53 heavy (non-hydrogen) atoms. The summed E-state index contributed by atoms with van der Waals surface area (Å²) in [7, 11) is 0. The summed E-state index contributed by atoms with van der Waals surface area (Å²) in [5.74, 6) is 2.41. The zero-order chi connectivity index (χ0) is 35.3. The molecule has 6 nitrogen and oxygen atoms in total. The van der Waals surface area contributed by atoms with Crippen LogP contribution in [0.15, 0.2) is 164 Å². The minimum Gasteiger partial charge on any atom is -0.457 e. The highest BCUT2D eigenvalue weighted by atomic mass is 16.5. The van der Waals surface area contributed by atoms with Gasteiger partial charge in [-0.05, 0) is 83.7 Å². The van der Waals surface area contributed by atoms with Crippen LogP contribution in [-0.2, 0) is 5.41 Å². The highest BCUT2D eigenvalue weighted by Gasteiger charge is 2.38. The van der Waals surface area contributed by atoms with Crippen LogP contribution in [0.4, 0.5) is 17.2 Å². The van der Waals surface area contributed by atoms with Crippen LogP contribution in [0.1, 0.15) is 25.0 Å². The summed E-state index contributed by atoms with van der Waals surface area (Å²) < 4.78 is 11.2. The van der Waals surface area contributed by atoms with Gasteiger partial charge in [0.15, 0.2) is 0 Å². The number of benzene rings is 6. The van der Waals surface area contributed by atoms with Gasteiger partial charge in [0.1, 0.15) is 23.0 Å². The third kappa shape index (κ3) is 4.33. The van der Waals surface area contributed by atoms with Crippen LogP contribution in [0.2, 0.25) is 0 Å². The Morgan fingerprint density at radius 1 is 0.509 bits per heavy atom. The lowest BCUT2D eigenvalue weighted by Crippen LogP contribution is -2.31. The number of rotatable bonds is 4. The normalized spacial score (nSPS) is 13.6. The van der Waals surface area contributed by atoms with Crippen LogP contribution in [-0.4, -0.2) is 18.9 Å². The molecule has 0 fully saturated rings. The quantitative estimate of drug-likeness (QED) is 0.173. The molecule has 4 aromatic heterocycles. The van der Waals surface area contributed by atoms with Crippen LogP contribution >= 0.6 is 0 Å². The molecule has 252 valence electrons. The van der Waals surface area contributed by atoms with Crippen molar-refractivity contribution in [1.82, 2.24) is 18.9 Å². The van der Waals surface area contributed by atoms with Gasteiger partial charge in [0.05, 0.1) is 27.9 Å². The summed E-state index contributed by atoms with van der Waals surface area (Å²) in [6, 6.07) is 51.5. The lowest BCUT2D eigenvalue weighted by molar-refractivity contribution is 0.483. The van der Waals surface area contributed by atoms with Gasteiger partial charge in [-0.25, -0.2) is 9.97 Å². The first-order valence-electron chi connectivity index (χ1n) is 18.0. The van der Waals surface area contributed by atoms with Crippen LogP contribution in [0.25, 0.3) is 54.8 Å². The summed E-state index contributed by atoms with van der Waals surface area (Å²) in [5, 5.41) is 5.84. The van der Waals surface area contributed by atoms with Crippen LogP contribution in [0.5, 0.6) is 11.5 Å². The monoisotopic (exact) mass is 683 g/mol. The maximum absolute atomic E-state index is 6.67. The highest BCUT2D eigenvalue weighted by molar-refractivity contribution is 6.13. The second-order valence-electron chi connectivity index (χ2n) is 14.4. The summed E-state index contributed by atoms with van der Waals surface area (Å²) in [6.07, 6.45) is 5.77. The molecule has 0 amide bonds. The molecule has 5 heterocycles. The second-order valence-corrected chi connectivity index (χ2v) is 14.4. The molecule has 0 N–H and O–H groups in total. The standard InChI is InChI=1S/C47H33N5O/c1-47(2)39-18-11-23-48-46(39)52(44-29-43-37(28-40(44)47)36-17-7-9-20-42(36)51(43)30-12-4-3-5-13-30)31-14-10-15-32(26-31)53-33-21-22-34-35-16-6-8-19-41(35)50-25-24-49-45(50)38(34)27-33/h3-29H,1-2H3. The number of nitrogens with zero attached hydrogens (tertiary/aromatic N) is 5. The van der Waals surface area contributed by atoms with Crippen molar-refractivity contribution in [2.75, 3.05) is 4.90 Å². The number of aromatic nitrogens is 4. The number of ether oxygens (including phenoxy) is 1. The van der Waals surface area contributed by atoms with E-state index in [0.29, 0.717) is 0 Å². The van der Waals surface area contributed by atoms with E-state index < -0.39 is 0 Å². The van der Waals surface area contributed by atoms with Crippen molar-refractivity contribution in [3.05, 3.63) is 175 Å². The van der Waals surface area contributed by atoms with Crippen molar-refractivity contribution in [2.24, 2.45) is 0 Å². The molecular weight excluding hydrogens is 651 g/mol. The van der Waals surface area contributed by atoms with Gasteiger partial charge in [-0.3, -0.25) is 9.30 Å². The molecule has 1 aliphatic rings. The van der Waals surface area contributed by atoms with Crippen LogP contribution in [0.3, 0.4) is 0 Å². The van der Waals surface area contributed by atoms with Gasteiger partial charge in [0.25, 0.3) is 0 Å². The fourth-order valence-electron chi connectivity index (χ4n) is 8.57. The first kappa shape index (κ1) is 29.8. The van der Waals surface area contributed by atoms with Crippen molar-refractivity contribution in [1.29, 1.82) is 0 Å². The lowest BCUT2D eigenvalue weighted by atomic mass is 9.74. The maximum Gasteiger partial charge on any atom is 0.145 e. The third-order valence-corrected chi connectivity index (χ3v) is 11.0. The van der Waals surface area contributed by atoms with E-state index in [1.165, 1.54) is 32.8 Å². The van der Waals surface area contributed by atoms with Gasteiger partial charge in [-0.2, -0.15) is 0 Å². The molecule has 10 aromatic rings. The first-order valence-corrected chi connectivity index (χ1v) is 18.0. The minimum absolute atomic E-state index is 0.291. The number of hydrogen-bond acceptors (Lipinski definition) is 4. The second kappa shape index (κ2) is 11.0. The highest BCUT2D eigenvalue weighted by Crippen LogP contribution is 2.53. The topological polar surface area (TPSA) is 47.6 Å². The molecular formula is C47H33N5O. The van der Waals surface area contributed by atoms with E-state index in [9.17, 15) is 0 Å². The summed E-state index contributed by atoms with van der Waals surface area (Å²) >= 11 is 0. The van der Waals surface area contributed by atoms with E-state index in [1.807, 2.05) is 30.7 Å².